The fourth-order valence-electron chi connectivity index (χ4n) is 0.838. The summed E-state index contributed by atoms with van der Waals surface area (Å²) in [5, 5.41) is 20.1. The van der Waals surface area contributed by atoms with E-state index in [9.17, 15) is 0 Å². The van der Waals surface area contributed by atoms with Gasteiger partial charge in [-0.3, -0.25) is 0 Å². The molecule has 0 aromatic carbocycles. The van der Waals surface area contributed by atoms with Crippen LogP contribution < -0.4 is 5.01 Å². The molecule has 2 heterocycles. The van der Waals surface area contributed by atoms with Crippen molar-refractivity contribution < 1.29 is 0 Å². The lowest BCUT2D eigenvalue weighted by molar-refractivity contribution is 0.813. The largest absolute Gasteiger partial charge is 0.226 e. The second kappa shape index (κ2) is 2.57. The molecule has 0 atom stereocenters. The quantitative estimate of drug-likeness (QED) is 0.567. The summed E-state index contributed by atoms with van der Waals surface area (Å²) in [5.74, 6) is 0.696. The number of anilines is 1. The van der Waals surface area contributed by atoms with Gasteiger partial charge < -0.3 is 0 Å². The van der Waals surface area contributed by atoms with Crippen molar-refractivity contribution in [3.05, 3.63) is 12.3 Å². The van der Waals surface area contributed by atoms with Gasteiger partial charge in [-0.05, 0) is 5.21 Å². The maximum atomic E-state index is 3.83. The molecule has 0 bridgehead atoms. The highest BCUT2D eigenvalue weighted by Gasteiger charge is 2.10. The summed E-state index contributed by atoms with van der Waals surface area (Å²) in [4.78, 5) is 0. The fourth-order valence-corrected chi connectivity index (χ4v) is 0.838. The number of nitrogens with zero attached hydrogens (tertiary/aromatic N) is 6. The number of rotatable bonds is 1. The second-order valence-electron chi connectivity index (χ2n) is 2.06. The van der Waals surface area contributed by atoms with Crippen LogP contribution in [-0.4, -0.2) is 28.5 Å². The van der Waals surface area contributed by atoms with Crippen LogP contribution in [0.3, 0.4) is 0 Å². The zero-order chi connectivity index (χ0) is 7.52. The van der Waals surface area contributed by atoms with Crippen molar-refractivity contribution in [1.82, 2.24) is 15.4 Å². The molecule has 0 radical (unpaired) electrons. The first-order valence-electron chi connectivity index (χ1n) is 3.26. The van der Waals surface area contributed by atoms with Gasteiger partial charge in [0.1, 0.15) is 0 Å². The predicted octanol–water partition coefficient (Wildman–Crippen LogP) is 0.0588. The van der Waals surface area contributed by atoms with E-state index in [0.29, 0.717) is 5.82 Å². The van der Waals surface area contributed by atoms with Crippen molar-refractivity contribution in [2.75, 3.05) is 18.1 Å². The molecular weight excluding hydrogens is 144 g/mol. The van der Waals surface area contributed by atoms with Gasteiger partial charge in [-0.15, -0.1) is 10.2 Å². The third-order valence-corrected chi connectivity index (χ3v) is 1.34. The minimum Gasteiger partial charge on any atom is -0.226 e. The van der Waals surface area contributed by atoms with Crippen molar-refractivity contribution in [2.45, 2.75) is 0 Å². The summed E-state index contributed by atoms with van der Waals surface area (Å²) in [7, 11) is 0. The van der Waals surface area contributed by atoms with E-state index in [1.54, 1.807) is 17.3 Å². The summed E-state index contributed by atoms with van der Waals surface area (Å²) >= 11 is 0. The van der Waals surface area contributed by atoms with Crippen LogP contribution in [0.4, 0.5) is 5.82 Å². The van der Waals surface area contributed by atoms with Gasteiger partial charge in [0.05, 0.1) is 19.3 Å². The summed E-state index contributed by atoms with van der Waals surface area (Å²) in [6, 6.07) is 1.75. The van der Waals surface area contributed by atoms with E-state index in [1.807, 2.05) is 0 Å². The lowest BCUT2D eigenvalue weighted by Crippen LogP contribution is -2.15. The molecule has 0 saturated heterocycles. The average molecular weight is 150 g/mol. The van der Waals surface area contributed by atoms with Gasteiger partial charge in [-0.1, -0.05) is 5.22 Å². The maximum Gasteiger partial charge on any atom is 0.176 e. The SMILES string of the molecule is c1cc(N2CCN=N2)nnn1. The zero-order valence-electron chi connectivity index (χ0n) is 5.75. The number of hydrogen-bond acceptors (Lipinski definition) is 6. The molecule has 1 aliphatic rings. The van der Waals surface area contributed by atoms with Crippen molar-refractivity contribution in [2.24, 2.45) is 10.3 Å². The third-order valence-electron chi connectivity index (χ3n) is 1.34. The molecule has 0 aliphatic carbocycles. The Bertz CT molecular complexity index is 257. The van der Waals surface area contributed by atoms with Gasteiger partial charge in [-0.25, -0.2) is 5.01 Å². The summed E-state index contributed by atoms with van der Waals surface area (Å²) in [6.07, 6.45) is 1.58. The molecule has 2 rings (SSSR count). The van der Waals surface area contributed by atoms with Crippen LogP contribution >= 0.6 is 0 Å². The molecule has 11 heavy (non-hydrogen) atoms. The lowest BCUT2D eigenvalue weighted by Gasteiger charge is -2.06. The second-order valence-corrected chi connectivity index (χ2v) is 2.06. The first kappa shape index (κ1) is 6.14. The first-order chi connectivity index (χ1) is 5.47. The van der Waals surface area contributed by atoms with E-state index in [-0.39, 0.29) is 0 Å². The Morgan fingerprint density at radius 1 is 1.45 bits per heavy atom. The van der Waals surface area contributed by atoms with Crippen LogP contribution in [0.5, 0.6) is 0 Å². The highest BCUT2D eigenvalue weighted by atomic mass is 15.6. The van der Waals surface area contributed by atoms with Crippen LogP contribution in [0.15, 0.2) is 22.6 Å². The molecule has 1 aromatic rings. The van der Waals surface area contributed by atoms with Crippen molar-refractivity contribution >= 4 is 5.82 Å². The van der Waals surface area contributed by atoms with E-state index in [2.05, 4.69) is 25.7 Å². The molecule has 0 spiro atoms. The topological polar surface area (TPSA) is 66.6 Å². The summed E-state index contributed by atoms with van der Waals surface area (Å²) < 4.78 is 0. The zero-order valence-corrected chi connectivity index (χ0v) is 5.75. The molecule has 0 saturated carbocycles. The first-order valence-corrected chi connectivity index (χ1v) is 3.26. The van der Waals surface area contributed by atoms with Gasteiger partial charge in [0.2, 0.25) is 0 Å². The number of hydrogen-bond donors (Lipinski definition) is 0. The van der Waals surface area contributed by atoms with Crippen molar-refractivity contribution in [1.29, 1.82) is 0 Å². The normalized spacial score (nSPS) is 15.8. The third kappa shape index (κ3) is 1.14. The van der Waals surface area contributed by atoms with E-state index in [1.165, 1.54) is 0 Å². The Labute approximate surface area is 62.9 Å². The Balaban J connectivity index is 2.23. The molecule has 0 unspecified atom stereocenters. The molecule has 1 aromatic heterocycles. The lowest BCUT2D eigenvalue weighted by atomic mass is 10.5. The average Bonchev–Trinajstić information content (AvgIpc) is 2.58. The highest BCUT2D eigenvalue weighted by molar-refractivity contribution is 5.34. The summed E-state index contributed by atoms with van der Waals surface area (Å²) in [5.41, 5.74) is 0. The van der Waals surface area contributed by atoms with Gasteiger partial charge >= 0.3 is 0 Å². The standard InChI is InChI=1S/C5H6N6/c1-2-6-9-8-5(1)11-4-3-7-10-11/h1-2H,3-4H2. The molecule has 6 nitrogen and oxygen atoms in total. The monoisotopic (exact) mass is 150 g/mol. The molecule has 56 valence electrons. The molecule has 0 amide bonds. The molecule has 0 N–H and O–H groups in total. The van der Waals surface area contributed by atoms with E-state index in [0.717, 1.165) is 13.1 Å². The predicted molar refractivity (Wildman–Crippen MR) is 36.9 cm³/mol. The van der Waals surface area contributed by atoms with Crippen LogP contribution in [0.25, 0.3) is 0 Å². The molecule has 1 aliphatic heterocycles. The minimum absolute atomic E-state index is 0.696. The van der Waals surface area contributed by atoms with Crippen LogP contribution in [0, 0.1) is 0 Å². The van der Waals surface area contributed by atoms with Crippen LogP contribution in [0.1, 0.15) is 0 Å². The van der Waals surface area contributed by atoms with Crippen LogP contribution in [-0.2, 0) is 0 Å². The van der Waals surface area contributed by atoms with E-state index in [4.69, 9.17) is 0 Å². The molecule has 0 fully saturated rings. The number of aromatic nitrogens is 3. The van der Waals surface area contributed by atoms with Gasteiger partial charge in [0, 0.05) is 6.07 Å². The Kier molecular flexibility index (Phi) is 1.43. The molecule has 6 heteroatoms. The van der Waals surface area contributed by atoms with Crippen LogP contribution in [0.2, 0.25) is 0 Å². The Hall–Kier alpha value is -1.59. The van der Waals surface area contributed by atoms with Gasteiger partial charge in [0.15, 0.2) is 5.82 Å². The Morgan fingerprint density at radius 3 is 3.09 bits per heavy atom. The smallest absolute Gasteiger partial charge is 0.176 e. The van der Waals surface area contributed by atoms with Gasteiger partial charge in [-0.2, -0.15) is 5.11 Å². The van der Waals surface area contributed by atoms with E-state index < -0.39 is 0 Å². The molecular formula is C5H6N6. The van der Waals surface area contributed by atoms with Crippen molar-refractivity contribution in [3.8, 4) is 0 Å². The maximum absolute atomic E-state index is 3.83. The minimum atomic E-state index is 0.696. The Morgan fingerprint density at radius 2 is 2.45 bits per heavy atom. The summed E-state index contributed by atoms with van der Waals surface area (Å²) in [6.45, 7) is 1.50. The fraction of sp³-hybridized carbons (Fsp3) is 0.400. The highest BCUT2D eigenvalue weighted by Crippen LogP contribution is 2.10. The van der Waals surface area contributed by atoms with Gasteiger partial charge in [0.25, 0.3) is 0 Å². The van der Waals surface area contributed by atoms with Crippen molar-refractivity contribution in [3.63, 3.8) is 0 Å². The van der Waals surface area contributed by atoms with E-state index >= 15 is 0 Å².